The van der Waals surface area contributed by atoms with E-state index in [1.807, 2.05) is 30.5 Å². The molecule has 0 aliphatic rings. The molecule has 2 aromatic heterocycles. The lowest BCUT2D eigenvalue weighted by molar-refractivity contribution is -0.658. The second kappa shape index (κ2) is 6.39. The van der Waals surface area contributed by atoms with Crippen LogP contribution >= 0.6 is 0 Å². The Kier molecular flexibility index (Phi) is 4.58. The predicted molar refractivity (Wildman–Crippen MR) is 87.4 cm³/mol. The lowest BCUT2D eigenvalue weighted by Gasteiger charge is -2.05. The topological polar surface area (TPSA) is 24.9 Å². The minimum atomic E-state index is 1.06. The molecule has 0 amide bonds. The Morgan fingerprint density at radius 1 is 1.10 bits per heavy atom. The average Bonchev–Trinajstić information content (AvgIpc) is 2.73. The summed E-state index contributed by atoms with van der Waals surface area (Å²) in [6, 6.07) is 12.1. The molecule has 0 saturated heterocycles. The highest BCUT2D eigenvalue weighted by molar-refractivity contribution is 5.77. The third kappa shape index (κ3) is 3.40. The summed E-state index contributed by atoms with van der Waals surface area (Å²) in [5.41, 5.74) is 2.33. The first-order valence-corrected chi connectivity index (χ1v) is 6.99. The number of aryl methyl sites for hydroxylation is 2. The van der Waals surface area contributed by atoms with Gasteiger partial charge >= 0.3 is 5.95 Å². The number of rotatable bonds is 1. The van der Waals surface area contributed by atoms with Gasteiger partial charge in [-0.05, 0) is 19.1 Å². The van der Waals surface area contributed by atoms with Crippen LogP contribution in [0.4, 0.5) is 5.95 Å². The molecule has 3 aromatic rings. The van der Waals surface area contributed by atoms with E-state index in [0.717, 1.165) is 5.52 Å². The van der Waals surface area contributed by atoms with Crippen LogP contribution in [0, 0.1) is 6.92 Å². The van der Waals surface area contributed by atoms with Gasteiger partial charge in [-0.2, -0.15) is 0 Å². The summed E-state index contributed by atoms with van der Waals surface area (Å²) in [5.74, 6) is 1.21. The Morgan fingerprint density at radius 2 is 1.76 bits per heavy atom. The van der Waals surface area contributed by atoms with E-state index in [1.165, 1.54) is 17.0 Å². The molecule has 0 aliphatic carbocycles. The molecule has 3 rings (SSSR count). The van der Waals surface area contributed by atoms with Gasteiger partial charge in [0.05, 0.1) is 39.9 Å². The Bertz CT molecular complexity index is 663. The van der Waals surface area contributed by atoms with Crippen molar-refractivity contribution in [3.8, 4) is 0 Å². The molecule has 21 heavy (non-hydrogen) atoms. The van der Waals surface area contributed by atoms with Crippen LogP contribution in [0.5, 0.6) is 0 Å². The zero-order valence-corrected chi connectivity index (χ0v) is 13.4. The van der Waals surface area contributed by atoms with Crippen LogP contribution in [0.2, 0.25) is 0 Å². The first kappa shape index (κ1) is 15.0. The zero-order chi connectivity index (χ0) is 15.4. The van der Waals surface area contributed by atoms with Crippen LogP contribution < -0.4 is 9.47 Å². The summed E-state index contributed by atoms with van der Waals surface area (Å²) in [4.78, 5) is 6.29. The van der Waals surface area contributed by atoms with Crippen LogP contribution in [-0.4, -0.2) is 23.6 Å². The molecule has 0 unspecified atom stereocenters. The standard InChI is InChI=1S/C9H7N.C8H16N3/c1-2-6-9-8(4-1)5-3-7-10-9;1-7-6-10(4)8(9(2)3)11(7)5/h1-7H;6H,1-5H3/q;+1. The van der Waals surface area contributed by atoms with Crippen LogP contribution in [0.1, 0.15) is 5.69 Å². The number of hydrogen-bond acceptors (Lipinski definition) is 2. The number of aromatic nitrogens is 3. The molecule has 0 N–H and O–H groups in total. The molecule has 2 heterocycles. The molecule has 0 radical (unpaired) electrons. The maximum atomic E-state index is 4.18. The molecule has 0 bridgehead atoms. The molecule has 4 heteroatoms. The fraction of sp³-hybridized carbons (Fsp3) is 0.294. The normalized spacial score (nSPS) is 10.1. The van der Waals surface area contributed by atoms with E-state index in [-0.39, 0.29) is 0 Å². The smallest absolute Gasteiger partial charge is 0.270 e. The number of nitrogens with zero attached hydrogens (tertiary/aromatic N) is 4. The van der Waals surface area contributed by atoms with E-state index < -0.39 is 0 Å². The average molecular weight is 283 g/mol. The van der Waals surface area contributed by atoms with Gasteiger partial charge in [-0.25, -0.2) is 9.13 Å². The maximum absolute atomic E-state index is 4.18. The van der Waals surface area contributed by atoms with E-state index >= 15 is 0 Å². The second-order valence-electron chi connectivity index (χ2n) is 5.33. The number of para-hydroxylation sites is 1. The summed E-state index contributed by atoms with van der Waals surface area (Å²) in [6.07, 6.45) is 3.93. The lowest BCUT2D eigenvalue weighted by atomic mass is 10.2. The van der Waals surface area contributed by atoms with E-state index in [4.69, 9.17) is 0 Å². The van der Waals surface area contributed by atoms with Crippen molar-refractivity contribution in [2.45, 2.75) is 6.92 Å². The first-order chi connectivity index (χ1) is 10.0. The fourth-order valence-electron chi connectivity index (χ4n) is 2.45. The molecule has 0 atom stereocenters. The monoisotopic (exact) mass is 283 g/mol. The fourth-order valence-corrected chi connectivity index (χ4v) is 2.45. The van der Waals surface area contributed by atoms with E-state index in [1.54, 1.807) is 0 Å². The van der Waals surface area contributed by atoms with Gasteiger partial charge in [0, 0.05) is 11.6 Å². The van der Waals surface area contributed by atoms with Crippen molar-refractivity contribution in [1.29, 1.82) is 0 Å². The summed E-state index contributed by atoms with van der Waals surface area (Å²) in [7, 11) is 8.23. The summed E-state index contributed by atoms with van der Waals surface area (Å²) in [5, 5.41) is 1.20. The largest absolute Gasteiger partial charge is 0.359 e. The van der Waals surface area contributed by atoms with Crippen LogP contribution in [0.3, 0.4) is 0 Å². The minimum Gasteiger partial charge on any atom is -0.270 e. The number of hydrogen-bond donors (Lipinski definition) is 0. The van der Waals surface area contributed by atoms with Crippen LogP contribution in [-0.2, 0) is 14.1 Å². The minimum absolute atomic E-state index is 1.06. The van der Waals surface area contributed by atoms with Gasteiger partial charge in [-0.15, -0.1) is 0 Å². The van der Waals surface area contributed by atoms with Crippen molar-refractivity contribution < 1.29 is 4.57 Å². The van der Waals surface area contributed by atoms with Crippen molar-refractivity contribution in [2.24, 2.45) is 14.1 Å². The lowest BCUT2D eigenvalue weighted by Crippen LogP contribution is -2.34. The Hall–Kier alpha value is -2.36. The molecule has 0 aliphatic heterocycles. The number of pyridine rings is 1. The second-order valence-corrected chi connectivity index (χ2v) is 5.33. The van der Waals surface area contributed by atoms with E-state index in [2.05, 4.69) is 72.5 Å². The molecule has 4 nitrogen and oxygen atoms in total. The number of imidazole rings is 1. The number of benzene rings is 1. The zero-order valence-electron chi connectivity index (χ0n) is 13.4. The Morgan fingerprint density at radius 3 is 2.29 bits per heavy atom. The van der Waals surface area contributed by atoms with E-state index in [0.29, 0.717) is 0 Å². The van der Waals surface area contributed by atoms with Gasteiger partial charge in [0.25, 0.3) is 0 Å². The summed E-state index contributed by atoms with van der Waals surface area (Å²) in [6.45, 7) is 2.10. The van der Waals surface area contributed by atoms with Crippen molar-refractivity contribution in [3.63, 3.8) is 0 Å². The van der Waals surface area contributed by atoms with Gasteiger partial charge in [0.2, 0.25) is 0 Å². The highest BCUT2D eigenvalue weighted by Gasteiger charge is 2.15. The summed E-state index contributed by atoms with van der Waals surface area (Å²) >= 11 is 0. The van der Waals surface area contributed by atoms with Gasteiger partial charge in [0.1, 0.15) is 5.69 Å². The molecule has 110 valence electrons. The molecular weight excluding hydrogens is 260 g/mol. The third-order valence-electron chi connectivity index (χ3n) is 3.44. The number of anilines is 1. The molecular formula is C17H23N4+. The van der Waals surface area contributed by atoms with Crippen molar-refractivity contribution in [2.75, 3.05) is 19.0 Å². The van der Waals surface area contributed by atoms with Crippen molar-refractivity contribution in [3.05, 3.63) is 54.5 Å². The van der Waals surface area contributed by atoms with Crippen LogP contribution in [0.15, 0.2) is 48.8 Å². The van der Waals surface area contributed by atoms with Gasteiger partial charge in [-0.3, -0.25) is 9.88 Å². The summed E-state index contributed by atoms with van der Waals surface area (Å²) < 4.78 is 4.29. The molecule has 1 aromatic carbocycles. The van der Waals surface area contributed by atoms with Crippen molar-refractivity contribution >= 4 is 16.9 Å². The van der Waals surface area contributed by atoms with Crippen molar-refractivity contribution in [1.82, 2.24) is 9.55 Å². The molecule has 0 spiro atoms. The number of fused-ring (bicyclic) bond motifs is 1. The predicted octanol–water partition coefficient (Wildman–Crippen LogP) is 2.46. The first-order valence-electron chi connectivity index (χ1n) is 6.99. The van der Waals surface area contributed by atoms with Gasteiger partial charge in [-0.1, -0.05) is 24.3 Å². The Labute approximate surface area is 126 Å². The highest BCUT2D eigenvalue weighted by Crippen LogP contribution is 2.08. The maximum Gasteiger partial charge on any atom is 0.359 e. The quantitative estimate of drug-likeness (QED) is 0.641. The third-order valence-corrected chi connectivity index (χ3v) is 3.44. The van der Waals surface area contributed by atoms with Crippen LogP contribution in [0.25, 0.3) is 10.9 Å². The Balaban J connectivity index is 0.000000154. The molecule has 0 saturated carbocycles. The molecule has 0 fully saturated rings. The van der Waals surface area contributed by atoms with Gasteiger partial charge in [0.15, 0.2) is 0 Å². The SMILES string of the molecule is Cc1c[n+](C)c(N(C)C)n1C.c1ccc2ncccc2c1. The highest BCUT2D eigenvalue weighted by atomic mass is 15.3. The van der Waals surface area contributed by atoms with E-state index in [9.17, 15) is 0 Å². The van der Waals surface area contributed by atoms with Gasteiger partial charge < -0.3 is 0 Å².